The molecule has 1 fully saturated rings. The number of ether oxygens (including phenoxy) is 2. The maximum absolute atomic E-state index is 12.3. The summed E-state index contributed by atoms with van der Waals surface area (Å²) >= 11 is 0. The number of benzene rings is 2. The topological polar surface area (TPSA) is 62.2 Å². The lowest BCUT2D eigenvalue weighted by atomic mass is 10.1. The average Bonchev–Trinajstić information content (AvgIpc) is 2.75. The van der Waals surface area contributed by atoms with Crippen molar-refractivity contribution in [1.29, 1.82) is 0 Å². The molecule has 0 bridgehead atoms. The van der Waals surface area contributed by atoms with E-state index in [0.717, 1.165) is 12.1 Å². The molecule has 2 atom stereocenters. The second kappa shape index (κ2) is 10.2. The molecule has 1 amide bonds. The zero-order chi connectivity index (χ0) is 19.8. The van der Waals surface area contributed by atoms with Gasteiger partial charge in [-0.25, -0.2) is 4.79 Å². The van der Waals surface area contributed by atoms with Gasteiger partial charge in [0.2, 0.25) is 0 Å². The van der Waals surface area contributed by atoms with Gasteiger partial charge in [0.15, 0.2) is 0 Å². The summed E-state index contributed by atoms with van der Waals surface area (Å²) in [5, 5.41) is 9.87. The van der Waals surface area contributed by atoms with E-state index >= 15 is 0 Å². The van der Waals surface area contributed by atoms with Crippen LogP contribution in [0.15, 0.2) is 60.7 Å². The van der Waals surface area contributed by atoms with Crippen molar-refractivity contribution in [2.75, 3.05) is 33.4 Å². The van der Waals surface area contributed by atoms with Crippen molar-refractivity contribution in [2.45, 2.75) is 25.2 Å². The zero-order valence-electron chi connectivity index (χ0n) is 16.2. The Morgan fingerprint density at radius 3 is 2.25 bits per heavy atom. The molecule has 28 heavy (non-hydrogen) atoms. The number of nitrogens with zero attached hydrogens (tertiary/aromatic N) is 2. The third kappa shape index (κ3) is 5.32. The third-order valence-corrected chi connectivity index (χ3v) is 5.08. The molecule has 1 aliphatic heterocycles. The van der Waals surface area contributed by atoms with Gasteiger partial charge in [0.25, 0.3) is 0 Å². The minimum absolute atomic E-state index is 0.0160. The van der Waals surface area contributed by atoms with E-state index in [9.17, 15) is 9.90 Å². The first-order chi connectivity index (χ1) is 13.7. The van der Waals surface area contributed by atoms with E-state index < -0.39 is 0 Å². The zero-order valence-corrected chi connectivity index (χ0v) is 16.2. The van der Waals surface area contributed by atoms with Crippen molar-refractivity contribution in [3.63, 3.8) is 0 Å². The van der Waals surface area contributed by atoms with Gasteiger partial charge in [-0.05, 0) is 11.1 Å². The van der Waals surface area contributed by atoms with Gasteiger partial charge in [-0.1, -0.05) is 60.7 Å². The van der Waals surface area contributed by atoms with Crippen LogP contribution in [0.3, 0.4) is 0 Å². The summed E-state index contributed by atoms with van der Waals surface area (Å²) in [4.78, 5) is 16.2. The molecule has 2 aromatic carbocycles. The Morgan fingerprint density at radius 2 is 1.64 bits per heavy atom. The summed E-state index contributed by atoms with van der Waals surface area (Å²) in [5.41, 5.74) is 2.27. The molecule has 0 aromatic heterocycles. The Morgan fingerprint density at radius 1 is 1.00 bits per heavy atom. The Kier molecular flexibility index (Phi) is 7.42. The largest absolute Gasteiger partial charge is 0.453 e. The standard InChI is InChI=1S/C22H28N2O4/c1-27-22(26)24-14-20(15-25)23(12-18-8-4-2-5-9-18)13-21(24)17-28-16-19-10-6-3-7-11-19/h2-11,20-21,25H,12-17H2,1H3/t20-,21-/m0/s1. The second-order valence-corrected chi connectivity index (χ2v) is 7.03. The highest BCUT2D eigenvalue weighted by Gasteiger charge is 2.36. The molecule has 1 heterocycles. The van der Waals surface area contributed by atoms with Gasteiger partial charge < -0.3 is 14.6 Å². The Hall–Kier alpha value is -2.41. The number of amides is 1. The maximum Gasteiger partial charge on any atom is 0.409 e. The Balaban J connectivity index is 1.67. The molecule has 0 unspecified atom stereocenters. The third-order valence-electron chi connectivity index (χ3n) is 5.08. The van der Waals surface area contributed by atoms with E-state index in [4.69, 9.17) is 9.47 Å². The van der Waals surface area contributed by atoms with E-state index in [1.165, 1.54) is 12.7 Å². The average molecular weight is 384 g/mol. The highest BCUT2D eigenvalue weighted by molar-refractivity contribution is 5.68. The van der Waals surface area contributed by atoms with Crippen molar-refractivity contribution < 1.29 is 19.4 Å². The van der Waals surface area contributed by atoms with Crippen LogP contribution >= 0.6 is 0 Å². The quantitative estimate of drug-likeness (QED) is 0.795. The SMILES string of the molecule is COC(=O)N1C[C@@H](CO)N(Cc2ccccc2)C[C@H]1COCc1ccccc1. The van der Waals surface area contributed by atoms with Crippen LogP contribution in [0.5, 0.6) is 0 Å². The molecule has 0 spiro atoms. The number of aliphatic hydroxyl groups excluding tert-OH is 1. The number of carbonyl (C=O) groups excluding carboxylic acids is 1. The fourth-order valence-corrected chi connectivity index (χ4v) is 3.57. The number of carbonyl (C=O) groups is 1. The molecule has 0 saturated carbocycles. The van der Waals surface area contributed by atoms with Crippen molar-refractivity contribution >= 4 is 6.09 Å². The van der Waals surface area contributed by atoms with E-state index in [-0.39, 0.29) is 24.8 Å². The Labute approximate surface area is 166 Å². The molecule has 6 heteroatoms. The van der Waals surface area contributed by atoms with Crippen LogP contribution in [0.1, 0.15) is 11.1 Å². The summed E-state index contributed by atoms with van der Waals surface area (Å²) in [6.45, 7) is 2.63. The van der Waals surface area contributed by atoms with E-state index in [0.29, 0.717) is 26.3 Å². The van der Waals surface area contributed by atoms with Crippen LogP contribution in [-0.2, 0) is 22.6 Å². The smallest absolute Gasteiger partial charge is 0.409 e. The van der Waals surface area contributed by atoms with Crippen molar-refractivity contribution in [2.24, 2.45) is 0 Å². The van der Waals surface area contributed by atoms with Crippen LogP contribution in [0.2, 0.25) is 0 Å². The van der Waals surface area contributed by atoms with Crippen molar-refractivity contribution in [1.82, 2.24) is 9.80 Å². The van der Waals surface area contributed by atoms with Gasteiger partial charge in [0.05, 0.1) is 39.0 Å². The normalized spacial score (nSPS) is 20.1. The van der Waals surface area contributed by atoms with Gasteiger partial charge in [-0.15, -0.1) is 0 Å². The van der Waals surface area contributed by atoms with Crippen LogP contribution < -0.4 is 0 Å². The number of aliphatic hydroxyl groups is 1. The van der Waals surface area contributed by atoms with Crippen molar-refractivity contribution in [3.05, 3.63) is 71.8 Å². The second-order valence-electron chi connectivity index (χ2n) is 7.03. The predicted octanol–water partition coefficient (Wildman–Crippen LogP) is 2.52. The van der Waals surface area contributed by atoms with Gasteiger partial charge in [-0.2, -0.15) is 0 Å². The van der Waals surface area contributed by atoms with Crippen LogP contribution in [0, 0.1) is 0 Å². The van der Waals surface area contributed by atoms with Crippen LogP contribution in [0.4, 0.5) is 4.79 Å². The first kappa shape index (κ1) is 20.3. The number of piperazine rings is 1. The van der Waals surface area contributed by atoms with Gasteiger partial charge in [0, 0.05) is 19.6 Å². The molecule has 2 aromatic rings. The highest BCUT2D eigenvalue weighted by Crippen LogP contribution is 2.20. The molecule has 1 saturated heterocycles. The highest BCUT2D eigenvalue weighted by atomic mass is 16.5. The first-order valence-electron chi connectivity index (χ1n) is 9.56. The molecule has 0 radical (unpaired) electrons. The molecular weight excluding hydrogens is 356 g/mol. The lowest BCUT2D eigenvalue weighted by molar-refractivity contribution is -0.0309. The molecule has 3 rings (SSSR count). The van der Waals surface area contributed by atoms with Crippen LogP contribution in [-0.4, -0.2) is 66.5 Å². The number of methoxy groups -OCH3 is 1. The summed E-state index contributed by atoms with van der Waals surface area (Å²) < 4.78 is 10.9. The van der Waals surface area contributed by atoms with Crippen molar-refractivity contribution in [3.8, 4) is 0 Å². The molecular formula is C22H28N2O4. The van der Waals surface area contributed by atoms with E-state index in [2.05, 4.69) is 17.0 Å². The summed E-state index contributed by atoms with van der Waals surface area (Å²) in [6.07, 6.45) is -0.383. The fourth-order valence-electron chi connectivity index (χ4n) is 3.57. The minimum atomic E-state index is -0.383. The first-order valence-corrected chi connectivity index (χ1v) is 9.56. The summed E-state index contributed by atoms with van der Waals surface area (Å²) in [6, 6.07) is 19.8. The maximum atomic E-state index is 12.3. The lowest BCUT2D eigenvalue weighted by Crippen LogP contribution is -2.61. The Bertz CT molecular complexity index is 726. The molecule has 1 aliphatic rings. The number of hydrogen-bond donors (Lipinski definition) is 1. The molecule has 0 aliphatic carbocycles. The fraction of sp³-hybridized carbons (Fsp3) is 0.409. The molecule has 150 valence electrons. The van der Waals surface area contributed by atoms with Gasteiger partial charge in [0.1, 0.15) is 0 Å². The van der Waals surface area contributed by atoms with Gasteiger partial charge >= 0.3 is 6.09 Å². The summed E-state index contributed by atoms with van der Waals surface area (Å²) in [5.74, 6) is 0. The molecule has 6 nitrogen and oxygen atoms in total. The summed E-state index contributed by atoms with van der Waals surface area (Å²) in [7, 11) is 1.38. The number of rotatable bonds is 7. The lowest BCUT2D eigenvalue weighted by Gasteiger charge is -2.45. The predicted molar refractivity (Wildman–Crippen MR) is 107 cm³/mol. The molecule has 1 N–H and O–H groups in total. The van der Waals surface area contributed by atoms with E-state index in [1.807, 2.05) is 48.5 Å². The van der Waals surface area contributed by atoms with E-state index in [1.54, 1.807) is 4.90 Å². The van der Waals surface area contributed by atoms with Crippen LogP contribution in [0.25, 0.3) is 0 Å². The van der Waals surface area contributed by atoms with Gasteiger partial charge in [-0.3, -0.25) is 9.80 Å². The monoisotopic (exact) mass is 384 g/mol. The minimum Gasteiger partial charge on any atom is -0.453 e. The number of hydrogen-bond acceptors (Lipinski definition) is 5.